The molecule has 0 aromatic heterocycles. The number of hydrogen-bond acceptors (Lipinski definition) is 5. The Morgan fingerprint density at radius 1 is 0.794 bits per heavy atom. The molecule has 2 aromatic carbocycles. The van der Waals surface area contributed by atoms with Crippen LogP contribution in [-0.2, 0) is 32.2 Å². The number of hydrogen-bond donors (Lipinski definition) is 0. The summed E-state index contributed by atoms with van der Waals surface area (Å²) in [5, 5.41) is 0. The van der Waals surface area contributed by atoms with Crippen LogP contribution in [0.1, 0.15) is 57.1 Å². The molecule has 2 saturated heterocycles. The molecule has 0 amide bonds. The average Bonchev–Trinajstić information content (AvgIpc) is 2.87. The van der Waals surface area contributed by atoms with Crippen LogP contribution in [0.4, 0.5) is 0 Å². The van der Waals surface area contributed by atoms with Gasteiger partial charge in [-0.05, 0) is 54.4 Å². The van der Waals surface area contributed by atoms with E-state index >= 15 is 0 Å². The SMILES string of the molecule is COc1ccc(COC[C@H]2O[C@@]3(CC[C@H]2C)CC[C@H](C)[C@@H](CCOCc2ccccc2)O3)cc1. The van der Waals surface area contributed by atoms with Crippen LogP contribution < -0.4 is 4.74 Å². The lowest BCUT2D eigenvalue weighted by atomic mass is 9.84. The zero-order valence-electron chi connectivity index (χ0n) is 20.9. The maximum atomic E-state index is 6.68. The van der Waals surface area contributed by atoms with Crippen molar-refractivity contribution in [1.82, 2.24) is 0 Å². The highest BCUT2D eigenvalue weighted by Gasteiger charge is 2.46. The Bertz CT molecular complexity index is 851. The molecule has 2 aromatic rings. The first-order chi connectivity index (χ1) is 16.6. The Hall–Kier alpha value is -1.92. The molecule has 5 heteroatoms. The van der Waals surface area contributed by atoms with E-state index in [-0.39, 0.29) is 12.2 Å². The molecule has 0 N–H and O–H groups in total. The predicted molar refractivity (Wildman–Crippen MR) is 133 cm³/mol. The van der Waals surface area contributed by atoms with Crippen LogP contribution >= 0.6 is 0 Å². The Labute approximate surface area is 204 Å². The molecular weight excluding hydrogens is 428 g/mol. The molecule has 34 heavy (non-hydrogen) atoms. The summed E-state index contributed by atoms with van der Waals surface area (Å²) in [6.45, 7) is 7.05. The van der Waals surface area contributed by atoms with Crippen LogP contribution in [0.5, 0.6) is 5.75 Å². The normalized spacial score (nSPS) is 29.3. The van der Waals surface area contributed by atoms with Gasteiger partial charge >= 0.3 is 0 Å². The fourth-order valence-electron chi connectivity index (χ4n) is 4.96. The van der Waals surface area contributed by atoms with Gasteiger partial charge in [0.1, 0.15) is 5.75 Å². The maximum absolute atomic E-state index is 6.68. The molecule has 4 rings (SSSR count). The predicted octanol–water partition coefficient (Wildman–Crippen LogP) is 6.15. The number of methoxy groups -OCH3 is 1. The van der Waals surface area contributed by atoms with E-state index in [1.54, 1.807) is 7.11 Å². The van der Waals surface area contributed by atoms with Crippen LogP contribution in [0.3, 0.4) is 0 Å². The smallest absolute Gasteiger partial charge is 0.169 e. The Kier molecular flexibility index (Phi) is 9.01. The summed E-state index contributed by atoms with van der Waals surface area (Å²) in [4.78, 5) is 0. The summed E-state index contributed by atoms with van der Waals surface area (Å²) >= 11 is 0. The van der Waals surface area contributed by atoms with Crippen LogP contribution in [0.2, 0.25) is 0 Å². The number of benzene rings is 2. The van der Waals surface area contributed by atoms with E-state index in [2.05, 4.69) is 26.0 Å². The van der Waals surface area contributed by atoms with Gasteiger partial charge in [-0.2, -0.15) is 0 Å². The minimum Gasteiger partial charge on any atom is -0.497 e. The summed E-state index contributed by atoms with van der Waals surface area (Å²) in [5.41, 5.74) is 2.34. The van der Waals surface area contributed by atoms with E-state index < -0.39 is 5.79 Å². The molecule has 0 aliphatic carbocycles. The molecule has 0 bridgehead atoms. The summed E-state index contributed by atoms with van der Waals surface area (Å²) in [7, 11) is 1.68. The highest BCUT2D eigenvalue weighted by Crippen LogP contribution is 2.43. The fraction of sp³-hybridized carbons (Fsp3) is 0.586. The van der Waals surface area contributed by atoms with Crippen LogP contribution in [0.15, 0.2) is 54.6 Å². The monoisotopic (exact) mass is 468 g/mol. The lowest BCUT2D eigenvalue weighted by molar-refractivity contribution is -0.336. The van der Waals surface area contributed by atoms with Gasteiger partial charge in [-0.15, -0.1) is 0 Å². The van der Waals surface area contributed by atoms with Gasteiger partial charge in [-0.25, -0.2) is 0 Å². The van der Waals surface area contributed by atoms with Gasteiger partial charge < -0.3 is 23.7 Å². The molecule has 1 spiro atoms. The standard InChI is InChI=1S/C29H40O5/c1-22-13-16-29(33-27(22)15-18-31-19-24-7-5-4-6-8-24)17-14-23(2)28(34-29)21-32-20-25-9-11-26(30-3)12-10-25/h4-12,22-23,27-28H,13-21H2,1-3H3/t22-,23+,27+,28+,29+/m0/s1. The number of ether oxygens (including phenoxy) is 5. The fourth-order valence-corrected chi connectivity index (χ4v) is 4.96. The van der Waals surface area contributed by atoms with Crippen LogP contribution in [-0.4, -0.2) is 38.3 Å². The van der Waals surface area contributed by atoms with E-state index in [9.17, 15) is 0 Å². The summed E-state index contributed by atoms with van der Waals surface area (Å²) in [6.07, 6.45) is 5.25. The molecule has 0 saturated carbocycles. The first-order valence-corrected chi connectivity index (χ1v) is 12.7. The molecular formula is C29H40O5. The minimum atomic E-state index is -0.475. The molecule has 0 unspecified atom stereocenters. The van der Waals surface area contributed by atoms with Gasteiger partial charge in [0, 0.05) is 19.4 Å². The van der Waals surface area contributed by atoms with Crippen molar-refractivity contribution in [3.8, 4) is 5.75 Å². The summed E-state index contributed by atoms with van der Waals surface area (Å²) in [5.74, 6) is 1.35. The largest absolute Gasteiger partial charge is 0.497 e. The Balaban J connectivity index is 1.25. The van der Waals surface area contributed by atoms with Crippen molar-refractivity contribution in [2.24, 2.45) is 11.8 Å². The highest BCUT2D eigenvalue weighted by atomic mass is 16.7. The van der Waals surface area contributed by atoms with Gasteiger partial charge in [0.15, 0.2) is 5.79 Å². The van der Waals surface area contributed by atoms with E-state index in [1.165, 1.54) is 5.56 Å². The molecule has 2 fully saturated rings. The zero-order chi connectivity index (χ0) is 23.8. The van der Waals surface area contributed by atoms with Crippen molar-refractivity contribution in [1.29, 1.82) is 0 Å². The molecule has 2 heterocycles. The average molecular weight is 469 g/mol. The van der Waals surface area contributed by atoms with Gasteiger partial charge in [-0.1, -0.05) is 56.3 Å². The minimum absolute atomic E-state index is 0.0513. The zero-order valence-corrected chi connectivity index (χ0v) is 20.9. The maximum Gasteiger partial charge on any atom is 0.169 e. The lowest BCUT2D eigenvalue weighted by Crippen LogP contribution is -2.53. The second-order valence-corrected chi connectivity index (χ2v) is 9.95. The van der Waals surface area contributed by atoms with Gasteiger partial charge in [0.05, 0.1) is 39.1 Å². The van der Waals surface area contributed by atoms with Crippen LogP contribution in [0, 0.1) is 11.8 Å². The van der Waals surface area contributed by atoms with Gasteiger partial charge in [-0.3, -0.25) is 0 Å². The van der Waals surface area contributed by atoms with Crippen molar-refractivity contribution in [2.75, 3.05) is 20.3 Å². The Morgan fingerprint density at radius 3 is 2.12 bits per heavy atom. The molecule has 5 atom stereocenters. The lowest BCUT2D eigenvalue weighted by Gasteiger charge is -2.49. The van der Waals surface area contributed by atoms with E-state index in [0.29, 0.717) is 38.3 Å². The quantitative estimate of drug-likeness (QED) is 0.392. The molecule has 2 aliphatic heterocycles. The van der Waals surface area contributed by atoms with E-state index in [0.717, 1.165) is 43.4 Å². The first-order valence-electron chi connectivity index (χ1n) is 12.7. The third kappa shape index (κ3) is 6.82. The summed E-state index contributed by atoms with van der Waals surface area (Å²) in [6, 6.07) is 18.3. The Morgan fingerprint density at radius 2 is 1.41 bits per heavy atom. The molecule has 5 nitrogen and oxygen atoms in total. The first kappa shape index (κ1) is 25.2. The van der Waals surface area contributed by atoms with Crippen molar-refractivity contribution >= 4 is 0 Å². The van der Waals surface area contributed by atoms with Crippen LogP contribution in [0.25, 0.3) is 0 Å². The molecule has 186 valence electrons. The second-order valence-electron chi connectivity index (χ2n) is 9.95. The second kappa shape index (κ2) is 12.2. The van der Waals surface area contributed by atoms with Crippen molar-refractivity contribution in [3.05, 3.63) is 65.7 Å². The third-order valence-corrected chi connectivity index (χ3v) is 7.33. The highest BCUT2D eigenvalue weighted by molar-refractivity contribution is 5.26. The molecule has 2 aliphatic rings. The van der Waals surface area contributed by atoms with E-state index in [4.69, 9.17) is 23.7 Å². The van der Waals surface area contributed by atoms with Crippen molar-refractivity contribution < 1.29 is 23.7 Å². The molecule has 0 radical (unpaired) electrons. The van der Waals surface area contributed by atoms with Crippen molar-refractivity contribution in [2.45, 2.75) is 77.2 Å². The van der Waals surface area contributed by atoms with Crippen molar-refractivity contribution in [3.63, 3.8) is 0 Å². The number of rotatable bonds is 10. The summed E-state index contributed by atoms with van der Waals surface area (Å²) < 4.78 is 30.6. The van der Waals surface area contributed by atoms with E-state index in [1.807, 2.05) is 42.5 Å². The topological polar surface area (TPSA) is 46.2 Å². The third-order valence-electron chi connectivity index (χ3n) is 7.33. The van der Waals surface area contributed by atoms with Gasteiger partial charge in [0.2, 0.25) is 0 Å². The van der Waals surface area contributed by atoms with Gasteiger partial charge in [0.25, 0.3) is 0 Å².